The van der Waals surface area contributed by atoms with Crippen LogP contribution in [-0.2, 0) is 0 Å². The Morgan fingerprint density at radius 3 is 2.76 bits per heavy atom. The van der Waals surface area contributed by atoms with Gasteiger partial charge in [0.2, 0.25) is 5.76 Å². The SMILES string of the molecule is Cc1cc(NC(=O)c2ocnc2C)ncc1N. The van der Waals surface area contributed by atoms with Gasteiger partial charge in [-0.1, -0.05) is 0 Å². The molecule has 0 unspecified atom stereocenters. The Labute approximate surface area is 97.9 Å². The molecule has 6 heteroatoms. The smallest absolute Gasteiger partial charge is 0.294 e. The number of nitrogens with two attached hydrogens (primary N) is 1. The average molecular weight is 232 g/mol. The average Bonchev–Trinajstić information content (AvgIpc) is 2.70. The van der Waals surface area contributed by atoms with E-state index in [1.165, 1.54) is 12.6 Å². The van der Waals surface area contributed by atoms with Crippen LogP contribution in [0.1, 0.15) is 21.8 Å². The third-order valence-corrected chi connectivity index (χ3v) is 2.34. The summed E-state index contributed by atoms with van der Waals surface area (Å²) < 4.78 is 4.98. The summed E-state index contributed by atoms with van der Waals surface area (Å²) in [7, 11) is 0. The Hall–Kier alpha value is -2.37. The molecule has 2 heterocycles. The van der Waals surface area contributed by atoms with Crippen molar-refractivity contribution in [3.05, 3.63) is 35.7 Å². The molecule has 0 aromatic carbocycles. The first kappa shape index (κ1) is 11.1. The summed E-state index contributed by atoms with van der Waals surface area (Å²) in [5.74, 6) is 0.232. The number of aryl methyl sites for hydroxylation is 2. The first-order valence-electron chi connectivity index (χ1n) is 5.01. The molecule has 0 aliphatic carbocycles. The van der Waals surface area contributed by atoms with Crippen LogP contribution in [0.2, 0.25) is 0 Å². The number of carbonyl (C=O) groups excluding carboxylic acids is 1. The number of hydrogen-bond acceptors (Lipinski definition) is 5. The molecular formula is C11H12N4O2. The lowest BCUT2D eigenvalue weighted by molar-refractivity contribution is 0.0995. The van der Waals surface area contributed by atoms with Gasteiger partial charge in [-0.3, -0.25) is 4.79 Å². The second-order valence-corrected chi connectivity index (χ2v) is 3.65. The van der Waals surface area contributed by atoms with Gasteiger partial charge in [0.05, 0.1) is 17.6 Å². The van der Waals surface area contributed by atoms with E-state index >= 15 is 0 Å². The molecule has 0 bridgehead atoms. The molecule has 2 aromatic rings. The maximum absolute atomic E-state index is 11.8. The number of nitrogen functional groups attached to an aromatic ring is 1. The summed E-state index contributed by atoms with van der Waals surface area (Å²) in [5, 5.41) is 2.61. The number of carbonyl (C=O) groups is 1. The molecule has 0 aliphatic rings. The number of hydrogen-bond donors (Lipinski definition) is 2. The molecule has 17 heavy (non-hydrogen) atoms. The Balaban J connectivity index is 2.19. The molecule has 6 nitrogen and oxygen atoms in total. The predicted octanol–water partition coefficient (Wildman–Crippen LogP) is 1.52. The number of amides is 1. The van der Waals surface area contributed by atoms with Crippen LogP contribution in [0.15, 0.2) is 23.1 Å². The summed E-state index contributed by atoms with van der Waals surface area (Å²) in [6.07, 6.45) is 2.73. The van der Waals surface area contributed by atoms with Crippen LogP contribution in [-0.4, -0.2) is 15.9 Å². The van der Waals surface area contributed by atoms with Crippen LogP contribution in [0.25, 0.3) is 0 Å². The van der Waals surface area contributed by atoms with Crippen LogP contribution in [0.5, 0.6) is 0 Å². The lowest BCUT2D eigenvalue weighted by Gasteiger charge is -2.05. The third-order valence-electron chi connectivity index (χ3n) is 2.34. The first-order chi connectivity index (χ1) is 8.08. The topological polar surface area (TPSA) is 94.0 Å². The number of pyridine rings is 1. The van der Waals surface area contributed by atoms with E-state index in [1.54, 1.807) is 13.0 Å². The lowest BCUT2D eigenvalue weighted by atomic mass is 10.2. The molecule has 2 rings (SSSR count). The maximum atomic E-state index is 11.8. The molecule has 0 fully saturated rings. The van der Waals surface area contributed by atoms with Gasteiger partial charge in [-0.2, -0.15) is 0 Å². The Morgan fingerprint density at radius 2 is 2.18 bits per heavy atom. The Bertz CT molecular complexity index is 562. The maximum Gasteiger partial charge on any atom is 0.294 e. The van der Waals surface area contributed by atoms with Crippen molar-refractivity contribution in [3.63, 3.8) is 0 Å². The monoisotopic (exact) mass is 232 g/mol. The molecule has 0 aliphatic heterocycles. The zero-order valence-corrected chi connectivity index (χ0v) is 9.52. The molecule has 0 spiro atoms. The fourth-order valence-electron chi connectivity index (χ4n) is 1.33. The number of anilines is 2. The summed E-state index contributed by atoms with van der Waals surface area (Å²) in [6, 6.07) is 1.69. The van der Waals surface area contributed by atoms with Gasteiger partial charge in [-0.05, 0) is 25.5 Å². The van der Waals surface area contributed by atoms with E-state index in [1.807, 2.05) is 6.92 Å². The minimum Gasteiger partial charge on any atom is -0.438 e. The second kappa shape index (κ2) is 4.25. The van der Waals surface area contributed by atoms with Crippen LogP contribution < -0.4 is 11.1 Å². The highest BCUT2D eigenvalue weighted by Gasteiger charge is 2.14. The van der Waals surface area contributed by atoms with E-state index in [0.29, 0.717) is 17.2 Å². The van der Waals surface area contributed by atoms with Gasteiger partial charge in [0.15, 0.2) is 6.39 Å². The minimum atomic E-state index is -0.378. The van der Waals surface area contributed by atoms with Crippen LogP contribution in [0.4, 0.5) is 11.5 Å². The van der Waals surface area contributed by atoms with Crippen molar-refractivity contribution in [1.82, 2.24) is 9.97 Å². The van der Waals surface area contributed by atoms with Crippen molar-refractivity contribution < 1.29 is 9.21 Å². The van der Waals surface area contributed by atoms with Gasteiger partial charge in [0.1, 0.15) is 5.82 Å². The van der Waals surface area contributed by atoms with Crippen molar-refractivity contribution in [2.75, 3.05) is 11.1 Å². The van der Waals surface area contributed by atoms with Gasteiger partial charge >= 0.3 is 0 Å². The largest absolute Gasteiger partial charge is 0.438 e. The van der Waals surface area contributed by atoms with Crippen molar-refractivity contribution in [2.24, 2.45) is 0 Å². The lowest BCUT2D eigenvalue weighted by Crippen LogP contribution is -2.13. The van der Waals surface area contributed by atoms with E-state index in [2.05, 4.69) is 15.3 Å². The number of oxazole rings is 1. The molecule has 2 aromatic heterocycles. The molecule has 88 valence electrons. The molecule has 0 saturated heterocycles. The molecule has 1 amide bonds. The van der Waals surface area contributed by atoms with Crippen molar-refractivity contribution in [2.45, 2.75) is 13.8 Å². The Morgan fingerprint density at radius 1 is 1.41 bits per heavy atom. The van der Waals surface area contributed by atoms with E-state index in [9.17, 15) is 4.79 Å². The summed E-state index contributed by atoms with van der Waals surface area (Å²) in [5.41, 5.74) is 7.60. The summed E-state index contributed by atoms with van der Waals surface area (Å²) in [4.78, 5) is 19.6. The summed E-state index contributed by atoms with van der Waals surface area (Å²) in [6.45, 7) is 3.53. The standard InChI is InChI=1S/C11H12N4O2/c1-6-3-9(13-4-8(6)12)15-11(16)10-7(2)14-5-17-10/h3-5H,12H2,1-2H3,(H,13,15,16). The fraction of sp³-hybridized carbons (Fsp3) is 0.182. The van der Waals surface area contributed by atoms with Crippen molar-refractivity contribution in [3.8, 4) is 0 Å². The fourth-order valence-corrected chi connectivity index (χ4v) is 1.33. The number of rotatable bonds is 2. The van der Waals surface area contributed by atoms with Crippen molar-refractivity contribution >= 4 is 17.4 Å². The molecular weight excluding hydrogens is 220 g/mol. The predicted molar refractivity (Wildman–Crippen MR) is 62.6 cm³/mol. The highest BCUT2D eigenvalue weighted by Crippen LogP contribution is 2.14. The van der Waals surface area contributed by atoms with Gasteiger partial charge in [0.25, 0.3) is 5.91 Å². The summed E-state index contributed by atoms with van der Waals surface area (Å²) >= 11 is 0. The van der Waals surface area contributed by atoms with E-state index in [-0.39, 0.29) is 11.7 Å². The van der Waals surface area contributed by atoms with Crippen LogP contribution in [0, 0.1) is 13.8 Å². The van der Waals surface area contributed by atoms with E-state index in [4.69, 9.17) is 10.2 Å². The van der Waals surface area contributed by atoms with Gasteiger partial charge in [-0.15, -0.1) is 0 Å². The van der Waals surface area contributed by atoms with Gasteiger partial charge in [-0.25, -0.2) is 9.97 Å². The van der Waals surface area contributed by atoms with Gasteiger partial charge < -0.3 is 15.5 Å². The van der Waals surface area contributed by atoms with E-state index < -0.39 is 0 Å². The normalized spacial score (nSPS) is 10.2. The third kappa shape index (κ3) is 2.25. The van der Waals surface area contributed by atoms with Crippen molar-refractivity contribution in [1.29, 1.82) is 0 Å². The molecule has 0 atom stereocenters. The zero-order chi connectivity index (χ0) is 12.4. The minimum absolute atomic E-state index is 0.182. The molecule has 0 radical (unpaired) electrons. The van der Waals surface area contributed by atoms with E-state index in [0.717, 1.165) is 5.56 Å². The highest BCUT2D eigenvalue weighted by atomic mass is 16.3. The van der Waals surface area contributed by atoms with Crippen LogP contribution >= 0.6 is 0 Å². The number of aromatic nitrogens is 2. The quantitative estimate of drug-likeness (QED) is 0.818. The first-order valence-corrected chi connectivity index (χ1v) is 5.01. The van der Waals surface area contributed by atoms with Gasteiger partial charge in [0, 0.05) is 0 Å². The van der Waals surface area contributed by atoms with Crippen LogP contribution in [0.3, 0.4) is 0 Å². The number of nitrogens with one attached hydrogen (secondary N) is 1. The number of nitrogens with zero attached hydrogens (tertiary/aromatic N) is 2. The highest BCUT2D eigenvalue weighted by molar-refractivity contribution is 6.02. The zero-order valence-electron chi connectivity index (χ0n) is 9.52. The Kier molecular flexibility index (Phi) is 2.78. The second-order valence-electron chi connectivity index (χ2n) is 3.65. The molecule has 0 saturated carbocycles. The molecule has 3 N–H and O–H groups in total.